The monoisotopic (exact) mass is 256 g/mol. The van der Waals surface area contributed by atoms with Gasteiger partial charge in [-0.05, 0) is 6.92 Å². The number of carboxylic acid groups (broad SMARTS) is 1. The Kier molecular flexibility index (Phi) is 3.39. The van der Waals surface area contributed by atoms with E-state index in [9.17, 15) is 9.59 Å². The van der Waals surface area contributed by atoms with Gasteiger partial charge in [0.1, 0.15) is 0 Å². The summed E-state index contributed by atoms with van der Waals surface area (Å²) < 4.78 is 5.33. The van der Waals surface area contributed by atoms with Crippen LogP contribution in [0.1, 0.15) is 27.2 Å². The van der Waals surface area contributed by atoms with E-state index in [0.717, 1.165) is 11.3 Å². The Balaban J connectivity index is 2.10. The van der Waals surface area contributed by atoms with E-state index >= 15 is 0 Å². The Labute approximate surface area is 102 Å². The van der Waals surface area contributed by atoms with Gasteiger partial charge in [0.15, 0.2) is 10.7 Å². The van der Waals surface area contributed by atoms with Gasteiger partial charge in [-0.1, -0.05) is 0 Å². The maximum Gasteiger partial charge on any atom is 0.355 e. The highest BCUT2D eigenvalue weighted by molar-refractivity contribution is 7.11. The van der Waals surface area contributed by atoms with Crippen molar-refractivity contribution < 1.29 is 19.4 Å². The zero-order valence-electron chi connectivity index (χ0n) is 9.25. The standard InChI is InChI=1S/C10H12N2O4S/c1-6-4-12(2-3-16-6)9(13)8-11-7(5-17-8)10(14)15/h5-6H,2-4H2,1H3,(H,14,15). The lowest BCUT2D eigenvalue weighted by atomic mass is 10.3. The molecule has 1 atom stereocenters. The number of hydrogen-bond donors (Lipinski definition) is 1. The van der Waals surface area contributed by atoms with Crippen LogP contribution in [0.3, 0.4) is 0 Å². The van der Waals surface area contributed by atoms with Gasteiger partial charge < -0.3 is 14.7 Å². The van der Waals surface area contributed by atoms with E-state index in [1.165, 1.54) is 5.38 Å². The van der Waals surface area contributed by atoms with Crippen LogP contribution in [-0.2, 0) is 4.74 Å². The van der Waals surface area contributed by atoms with Crippen LogP contribution in [0.5, 0.6) is 0 Å². The number of aromatic nitrogens is 1. The summed E-state index contributed by atoms with van der Waals surface area (Å²) in [6.07, 6.45) is 0.00612. The van der Waals surface area contributed by atoms with Crippen LogP contribution < -0.4 is 0 Å². The summed E-state index contributed by atoms with van der Waals surface area (Å²) in [6, 6.07) is 0. The first-order valence-electron chi connectivity index (χ1n) is 5.17. The van der Waals surface area contributed by atoms with Crippen LogP contribution in [-0.4, -0.2) is 52.7 Å². The van der Waals surface area contributed by atoms with E-state index in [1.807, 2.05) is 6.92 Å². The minimum atomic E-state index is -1.12. The minimum absolute atomic E-state index is 0.00612. The molecule has 0 saturated carbocycles. The van der Waals surface area contributed by atoms with Crippen molar-refractivity contribution in [2.45, 2.75) is 13.0 Å². The second kappa shape index (κ2) is 4.80. The molecule has 92 valence electrons. The number of nitrogens with zero attached hydrogens (tertiary/aromatic N) is 2. The van der Waals surface area contributed by atoms with Gasteiger partial charge in [0.05, 0.1) is 12.7 Å². The molecule has 7 heteroatoms. The smallest absolute Gasteiger partial charge is 0.355 e. The van der Waals surface area contributed by atoms with Crippen LogP contribution in [0.25, 0.3) is 0 Å². The van der Waals surface area contributed by atoms with Crippen LogP contribution in [0.4, 0.5) is 0 Å². The molecule has 1 aromatic heterocycles. The van der Waals surface area contributed by atoms with Gasteiger partial charge in [0.2, 0.25) is 0 Å². The van der Waals surface area contributed by atoms with Crippen molar-refractivity contribution in [3.63, 3.8) is 0 Å². The second-order valence-electron chi connectivity index (χ2n) is 3.78. The Bertz CT molecular complexity index is 445. The fourth-order valence-electron chi connectivity index (χ4n) is 1.61. The number of thiazole rings is 1. The molecule has 1 fully saturated rings. The first-order valence-corrected chi connectivity index (χ1v) is 6.05. The maximum atomic E-state index is 12.0. The lowest BCUT2D eigenvalue weighted by molar-refractivity contribution is -0.0124. The predicted octanol–water partition coefficient (Wildman–Crippen LogP) is 0.702. The molecule has 0 bridgehead atoms. The fourth-order valence-corrected chi connectivity index (χ4v) is 2.37. The average Bonchev–Trinajstić information content (AvgIpc) is 2.77. The number of hydrogen-bond acceptors (Lipinski definition) is 5. The molecule has 0 aromatic carbocycles. The first kappa shape index (κ1) is 12.0. The number of aromatic carboxylic acids is 1. The molecule has 0 aliphatic carbocycles. The summed E-state index contributed by atoms with van der Waals surface area (Å²) in [5.74, 6) is -1.34. The summed E-state index contributed by atoms with van der Waals surface area (Å²) in [6.45, 7) is 3.43. The molecule has 17 heavy (non-hydrogen) atoms. The maximum absolute atomic E-state index is 12.0. The van der Waals surface area contributed by atoms with E-state index in [-0.39, 0.29) is 22.7 Å². The molecule has 1 N–H and O–H groups in total. The molecule has 6 nitrogen and oxygen atoms in total. The Hall–Kier alpha value is -1.47. The number of carbonyl (C=O) groups is 2. The molecule has 1 unspecified atom stereocenters. The number of carboxylic acids is 1. The third-order valence-electron chi connectivity index (χ3n) is 2.43. The Morgan fingerprint density at radius 1 is 1.65 bits per heavy atom. The van der Waals surface area contributed by atoms with Gasteiger partial charge in [0, 0.05) is 18.5 Å². The molecule has 0 spiro atoms. The number of morpholine rings is 1. The molecule has 1 aliphatic heterocycles. The van der Waals surface area contributed by atoms with Gasteiger partial charge in [-0.3, -0.25) is 4.79 Å². The van der Waals surface area contributed by atoms with Gasteiger partial charge in [-0.2, -0.15) is 0 Å². The normalized spacial score (nSPS) is 20.3. The highest BCUT2D eigenvalue weighted by Crippen LogP contribution is 2.14. The summed E-state index contributed by atoms with van der Waals surface area (Å²) in [5.41, 5.74) is -0.0837. The Morgan fingerprint density at radius 3 is 3.00 bits per heavy atom. The topological polar surface area (TPSA) is 79.7 Å². The van der Waals surface area contributed by atoms with E-state index < -0.39 is 5.97 Å². The molecule has 1 saturated heterocycles. The van der Waals surface area contributed by atoms with Crippen molar-refractivity contribution in [2.24, 2.45) is 0 Å². The summed E-state index contributed by atoms with van der Waals surface area (Å²) >= 11 is 1.06. The van der Waals surface area contributed by atoms with Crippen molar-refractivity contribution in [3.8, 4) is 0 Å². The van der Waals surface area contributed by atoms with Crippen molar-refractivity contribution in [1.82, 2.24) is 9.88 Å². The summed E-state index contributed by atoms with van der Waals surface area (Å²) in [5, 5.41) is 10.3. The molecular weight excluding hydrogens is 244 g/mol. The minimum Gasteiger partial charge on any atom is -0.476 e. The zero-order chi connectivity index (χ0) is 12.4. The fraction of sp³-hybridized carbons (Fsp3) is 0.500. The van der Waals surface area contributed by atoms with Gasteiger partial charge in [0.25, 0.3) is 5.91 Å². The van der Waals surface area contributed by atoms with E-state index in [2.05, 4.69) is 4.98 Å². The molecule has 2 rings (SSSR count). The third-order valence-corrected chi connectivity index (χ3v) is 3.26. The van der Waals surface area contributed by atoms with Crippen LogP contribution >= 0.6 is 11.3 Å². The van der Waals surface area contributed by atoms with Gasteiger partial charge in [-0.15, -0.1) is 11.3 Å². The molecule has 0 radical (unpaired) electrons. The van der Waals surface area contributed by atoms with Crippen LogP contribution in [0.15, 0.2) is 5.38 Å². The van der Waals surface area contributed by atoms with Crippen LogP contribution in [0.2, 0.25) is 0 Å². The number of ether oxygens (including phenoxy) is 1. The molecule has 1 aliphatic rings. The predicted molar refractivity (Wildman–Crippen MR) is 60.4 cm³/mol. The quantitative estimate of drug-likeness (QED) is 0.842. The third kappa shape index (κ3) is 2.62. The lowest BCUT2D eigenvalue weighted by Gasteiger charge is -2.30. The number of rotatable bonds is 2. The van der Waals surface area contributed by atoms with Gasteiger partial charge >= 0.3 is 5.97 Å². The van der Waals surface area contributed by atoms with E-state index in [4.69, 9.17) is 9.84 Å². The summed E-state index contributed by atoms with van der Waals surface area (Å²) in [7, 11) is 0. The molecule has 1 aromatic rings. The first-order chi connectivity index (χ1) is 8.08. The SMILES string of the molecule is CC1CN(C(=O)c2nc(C(=O)O)cs2)CCO1. The molecular formula is C10H12N2O4S. The number of amides is 1. The largest absolute Gasteiger partial charge is 0.476 e. The van der Waals surface area contributed by atoms with Crippen molar-refractivity contribution >= 4 is 23.2 Å². The molecule has 2 heterocycles. The Morgan fingerprint density at radius 2 is 2.41 bits per heavy atom. The zero-order valence-corrected chi connectivity index (χ0v) is 10.1. The highest BCUT2D eigenvalue weighted by Gasteiger charge is 2.25. The van der Waals surface area contributed by atoms with Crippen molar-refractivity contribution in [2.75, 3.05) is 19.7 Å². The number of carbonyl (C=O) groups excluding carboxylic acids is 1. The van der Waals surface area contributed by atoms with Crippen molar-refractivity contribution in [3.05, 3.63) is 16.1 Å². The second-order valence-corrected chi connectivity index (χ2v) is 4.63. The highest BCUT2D eigenvalue weighted by atomic mass is 32.1. The van der Waals surface area contributed by atoms with Crippen molar-refractivity contribution in [1.29, 1.82) is 0 Å². The van der Waals surface area contributed by atoms with Gasteiger partial charge in [-0.25, -0.2) is 9.78 Å². The lowest BCUT2D eigenvalue weighted by Crippen LogP contribution is -2.44. The summed E-state index contributed by atoms with van der Waals surface area (Å²) in [4.78, 5) is 28.1. The average molecular weight is 256 g/mol. The van der Waals surface area contributed by atoms with Crippen LogP contribution in [0, 0.1) is 0 Å². The molecule has 1 amide bonds. The van der Waals surface area contributed by atoms with E-state index in [1.54, 1.807) is 4.90 Å². The van der Waals surface area contributed by atoms with E-state index in [0.29, 0.717) is 19.7 Å².